The van der Waals surface area contributed by atoms with Crippen molar-refractivity contribution in [3.8, 4) is 0 Å². The second-order valence-electron chi connectivity index (χ2n) is 10.9. The fourth-order valence-electron chi connectivity index (χ4n) is 4.87. The number of nitrogens with one attached hydrogen (secondary N) is 3. The van der Waals surface area contributed by atoms with Crippen LogP contribution in [0.4, 0.5) is 4.79 Å². The van der Waals surface area contributed by atoms with Gasteiger partial charge in [-0.1, -0.05) is 26.8 Å². The van der Waals surface area contributed by atoms with Crippen molar-refractivity contribution in [2.24, 2.45) is 11.3 Å². The van der Waals surface area contributed by atoms with Gasteiger partial charge in [-0.15, -0.1) is 6.58 Å². The van der Waals surface area contributed by atoms with Crippen LogP contribution in [0.2, 0.25) is 0 Å². The molecule has 12 heteroatoms. The van der Waals surface area contributed by atoms with E-state index in [4.69, 9.17) is 0 Å². The SMILES string of the molecule is C=CC1C[C@]1(NC(=O)[C@@H]1CCCN1CCNC(=O)NC(CN1CCCS1(=O)=O)C(C)(C)C)C(=O)O. The zero-order valence-corrected chi connectivity index (χ0v) is 21.7. The molecule has 4 N–H and O–H groups in total. The van der Waals surface area contributed by atoms with E-state index < -0.39 is 33.6 Å². The molecule has 1 saturated carbocycles. The number of rotatable bonds is 10. The summed E-state index contributed by atoms with van der Waals surface area (Å²) in [5.41, 5.74) is -1.60. The van der Waals surface area contributed by atoms with Gasteiger partial charge >= 0.3 is 12.0 Å². The predicted molar refractivity (Wildman–Crippen MR) is 131 cm³/mol. The highest BCUT2D eigenvalue weighted by atomic mass is 32.2. The van der Waals surface area contributed by atoms with E-state index in [1.54, 1.807) is 6.08 Å². The number of amides is 3. The van der Waals surface area contributed by atoms with E-state index in [9.17, 15) is 27.9 Å². The molecule has 0 aromatic heterocycles. The van der Waals surface area contributed by atoms with E-state index in [1.165, 1.54) is 4.31 Å². The molecule has 0 bridgehead atoms. The molecule has 1 aliphatic carbocycles. The molecule has 0 aromatic carbocycles. The Kier molecular flexibility index (Phi) is 8.17. The van der Waals surface area contributed by atoms with Crippen LogP contribution >= 0.6 is 0 Å². The summed E-state index contributed by atoms with van der Waals surface area (Å²) in [5.74, 6) is -1.48. The van der Waals surface area contributed by atoms with Gasteiger partial charge in [0.2, 0.25) is 15.9 Å². The Labute approximate surface area is 207 Å². The molecule has 0 spiro atoms. The molecular formula is C23H39N5O6S. The minimum Gasteiger partial charge on any atom is -0.479 e. The first kappa shape index (κ1) is 27.4. The largest absolute Gasteiger partial charge is 0.479 e. The first-order valence-electron chi connectivity index (χ1n) is 12.2. The summed E-state index contributed by atoms with van der Waals surface area (Å²) < 4.78 is 25.8. The molecule has 11 nitrogen and oxygen atoms in total. The molecule has 3 fully saturated rings. The van der Waals surface area contributed by atoms with Gasteiger partial charge in [0, 0.05) is 38.1 Å². The van der Waals surface area contributed by atoms with Gasteiger partial charge in [-0.2, -0.15) is 4.31 Å². The molecule has 2 aliphatic heterocycles. The first-order valence-corrected chi connectivity index (χ1v) is 13.9. The molecule has 2 unspecified atom stereocenters. The van der Waals surface area contributed by atoms with Crippen LogP contribution in [0, 0.1) is 11.3 Å². The highest BCUT2D eigenvalue weighted by Crippen LogP contribution is 2.44. The molecule has 2 heterocycles. The van der Waals surface area contributed by atoms with Crippen molar-refractivity contribution in [2.45, 2.75) is 64.1 Å². The Morgan fingerprint density at radius 3 is 2.49 bits per heavy atom. The van der Waals surface area contributed by atoms with Gasteiger partial charge in [-0.05, 0) is 37.6 Å². The molecule has 35 heavy (non-hydrogen) atoms. The Morgan fingerprint density at radius 2 is 1.94 bits per heavy atom. The zero-order valence-electron chi connectivity index (χ0n) is 20.9. The maximum absolute atomic E-state index is 12.8. The normalized spacial score (nSPS) is 29.3. The van der Waals surface area contributed by atoms with E-state index in [-0.39, 0.29) is 35.6 Å². The molecule has 2 saturated heterocycles. The fourth-order valence-corrected chi connectivity index (χ4v) is 6.40. The number of nitrogens with zero attached hydrogens (tertiary/aromatic N) is 2. The minimum atomic E-state index is -3.27. The van der Waals surface area contributed by atoms with E-state index >= 15 is 0 Å². The summed E-state index contributed by atoms with van der Waals surface area (Å²) in [7, 11) is -3.27. The number of aliphatic carboxylic acids is 1. The summed E-state index contributed by atoms with van der Waals surface area (Å²) in [6, 6.07) is -1.20. The van der Waals surface area contributed by atoms with Crippen molar-refractivity contribution in [2.75, 3.05) is 38.5 Å². The molecule has 0 aromatic rings. The third-order valence-electron chi connectivity index (χ3n) is 7.32. The van der Waals surface area contributed by atoms with Crippen LogP contribution in [0.25, 0.3) is 0 Å². The zero-order chi connectivity index (χ0) is 26.0. The number of urea groups is 1. The number of sulfonamides is 1. The van der Waals surface area contributed by atoms with Crippen LogP contribution in [0.3, 0.4) is 0 Å². The van der Waals surface area contributed by atoms with Crippen LogP contribution < -0.4 is 16.0 Å². The minimum absolute atomic E-state index is 0.141. The molecule has 4 atom stereocenters. The van der Waals surface area contributed by atoms with Gasteiger partial charge in [0.15, 0.2) is 0 Å². The number of carbonyl (C=O) groups is 3. The number of hydrogen-bond acceptors (Lipinski definition) is 6. The van der Waals surface area contributed by atoms with Crippen LogP contribution in [0.15, 0.2) is 12.7 Å². The monoisotopic (exact) mass is 513 g/mol. The number of carbonyl (C=O) groups excluding carboxylic acids is 2. The molecular weight excluding hydrogens is 474 g/mol. The van der Waals surface area contributed by atoms with Crippen molar-refractivity contribution in [1.29, 1.82) is 0 Å². The average Bonchev–Trinajstić information content (AvgIpc) is 3.08. The molecule has 3 amide bonds. The average molecular weight is 514 g/mol. The molecule has 198 valence electrons. The van der Waals surface area contributed by atoms with E-state index in [2.05, 4.69) is 22.5 Å². The van der Waals surface area contributed by atoms with Crippen LogP contribution in [0.1, 0.15) is 46.5 Å². The van der Waals surface area contributed by atoms with Crippen LogP contribution in [-0.4, -0.2) is 96.7 Å². The van der Waals surface area contributed by atoms with Crippen molar-refractivity contribution in [3.05, 3.63) is 12.7 Å². The number of carboxylic acid groups (broad SMARTS) is 1. The summed E-state index contributed by atoms with van der Waals surface area (Å²) in [5, 5.41) is 18.0. The lowest BCUT2D eigenvalue weighted by atomic mass is 9.86. The van der Waals surface area contributed by atoms with E-state index in [0.717, 1.165) is 6.42 Å². The molecule has 3 aliphatic rings. The highest BCUT2D eigenvalue weighted by molar-refractivity contribution is 7.89. The lowest BCUT2D eigenvalue weighted by Gasteiger charge is -2.34. The summed E-state index contributed by atoms with van der Waals surface area (Å²) in [6.07, 6.45) is 3.94. The van der Waals surface area contributed by atoms with Gasteiger partial charge in [0.1, 0.15) is 5.54 Å². The van der Waals surface area contributed by atoms with Gasteiger partial charge in [-0.25, -0.2) is 18.0 Å². The Balaban J connectivity index is 1.49. The molecule has 0 radical (unpaired) electrons. The van der Waals surface area contributed by atoms with Crippen molar-refractivity contribution in [1.82, 2.24) is 25.2 Å². The van der Waals surface area contributed by atoms with Crippen LogP contribution in [0.5, 0.6) is 0 Å². The Bertz CT molecular complexity index is 949. The summed E-state index contributed by atoms with van der Waals surface area (Å²) in [6.45, 7) is 11.6. The summed E-state index contributed by atoms with van der Waals surface area (Å²) >= 11 is 0. The lowest BCUT2D eigenvalue weighted by molar-refractivity contribution is -0.144. The van der Waals surface area contributed by atoms with E-state index in [1.807, 2.05) is 25.7 Å². The number of hydrogen-bond donors (Lipinski definition) is 4. The van der Waals surface area contributed by atoms with Gasteiger partial charge in [0.25, 0.3) is 0 Å². The van der Waals surface area contributed by atoms with Crippen molar-refractivity contribution >= 4 is 27.9 Å². The highest BCUT2D eigenvalue weighted by Gasteiger charge is 2.60. The van der Waals surface area contributed by atoms with Crippen molar-refractivity contribution in [3.63, 3.8) is 0 Å². The third kappa shape index (κ3) is 6.34. The summed E-state index contributed by atoms with van der Waals surface area (Å²) in [4.78, 5) is 39.1. The topological polar surface area (TPSA) is 148 Å². The van der Waals surface area contributed by atoms with Crippen molar-refractivity contribution < 1.29 is 27.9 Å². The molecule has 3 rings (SSSR count). The maximum atomic E-state index is 12.8. The number of likely N-dealkylation sites (tertiary alicyclic amines) is 1. The van der Waals surface area contributed by atoms with E-state index in [0.29, 0.717) is 45.4 Å². The third-order valence-corrected chi connectivity index (χ3v) is 9.24. The Morgan fingerprint density at radius 1 is 1.23 bits per heavy atom. The first-order chi connectivity index (χ1) is 16.3. The lowest BCUT2D eigenvalue weighted by Crippen LogP contribution is -2.55. The van der Waals surface area contributed by atoms with Crippen LogP contribution in [-0.2, 0) is 19.6 Å². The van der Waals surface area contributed by atoms with Gasteiger partial charge in [-0.3, -0.25) is 9.69 Å². The fraction of sp³-hybridized carbons (Fsp3) is 0.783. The van der Waals surface area contributed by atoms with Gasteiger partial charge < -0.3 is 21.1 Å². The smallest absolute Gasteiger partial charge is 0.330 e. The quantitative estimate of drug-likeness (QED) is 0.308. The predicted octanol–water partition coefficient (Wildman–Crippen LogP) is 0.346. The maximum Gasteiger partial charge on any atom is 0.330 e. The second kappa shape index (κ2) is 10.4. The standard InChI is InChI=1S/C23H39N5O6S/c1-5-16-14-23(16,20(30)31)26-19(29)17-8-6-10-27(17)12-9-24-21(32)25-18(22(2,3)4)15-28-11-7-13-35(28,33)34/h5,16-18H,1,6-15H2,2-4H3,(H,26,29)(H,30,31)(H2,24,25,32)/t16?,17-,18?,23+/m0/s1. The number of carboxylic acids is 1. The van der Waals surface area contributed by atoms with Gasteiger partial charge in [0.05, 0.1) is 11.8 Å². The second-order valence-corrected chi connectivity index (χ2v) is 12.9. The Hall–Kier alpha value is -2.18.